The zero-order valence-corrected chi connectivity index (χ0v) is 13.8. The standard InChI is InChI=1S/C17H16BrNO3/c1-2-22-17(21)15-13(8-9-19-16(15)20)11-6-7-12-10(11)4-3-5-14(12)18/h3-5,8-9,11H,2,6-7H2,1H3,(H,19,20). The number of fused-ring (bicyclic) bond motifs is 1. The zero-order chi connectivity index (χ0) is 15.7. The Morgan fingerprint density at radius 2 is 2.18 bits per heavy atom. The van der Waals surface area contributed by atoms with Crippen LogP contribution in [0.15, 0.2) is 39.7 Å². The predicted molar refractivity (Wildman–Crippen MR) is 87.3 cm³/mol. The molecule has 2 aromatic rings. The van der Waals surface area contributed by atoms with Crippen LogP contribution in [0.2, 0.25) is 0 Å². The summed E-state index contributed by atoms with van der Waals surface area (Å²) in [4.78, 5) is 26.9. The van der Waals surface area contributed by atoms with E-state index in [0.717, 1.165) is 22.9 Å². The molecule has 1 aliphatic rings. The van der Waals surface area contributed by atoms with Crippen molar-refractivity contribution in [2.24, 2.45) is 0 Å². The Kier molecular flexibility index (Phi) is 4.16. The fourth-order valence-corrected chi connectivity index (χ4v) is 3.71. The van der Waals surface area contributed by atoms with Crippen molar-refractivity contribution in [1.82, 2.24) is 4.98 Å². The number of H-pyrrole nitrogens is 1. The van der Waals surface area contributed by atoms with Crippen molar-refractivity contribution in [3.05, 3.63) is 67.5 Å². The van der Waals surface area contributed by atoms with Crippen molar-refractivity contribution in [3.8, 4) is 0 Å². The first kappa shape index (κ1) is 15.0. The lowest BCUT2D eigenvalue weighted by Gasteiger charge is -2.15. The highest BCUT2D eigenvalue weighted by Gasteiger charge is 2.30. The average molecular weight is 362 g/mol. The monoisotopic (exact) mass is 361 g/mol. The molecule has 0 bridgehead atoms. The second-order valence-corrected chi connectivity index (χ2v) is 6.11. The summed E-state index contributed by atoms with van der Waals surface area (Å²) in [5.74, 6) is -0.503. The van der Waals surface area contributed by atoms with Gasteiger partial charge < -0.3 is 9.72 Å². The quantitative estimate of drug-likeness (QED) is 0.852. The zero-order valence-electron chi connectivity index (χ0n) is 12.2. The van der Waals surface area contributed by atoms with Gasteiger partial charge in [0, 0.05) is 16.6 Å². The molecule has 22 heavy (non-hydrogen) atoms. The molecular formula is C17H16BrNO3. The lowest BCUT2D eigenvalue weighted by atomic mass is 9.90. The van der Waals surface area contributed by atoms with Crippen LogP contribution in [0, 0.1) is 0 Å². The summed E-state index contributed by atoms with van der Waals surface area (Å²) < 4.78 is 6.13. The first-order chi connectivity index (χ1) is 10.6. The molecule has 1 N–H and O–H groups in total. The van der Waals surface area contributed by atoms with E-state index < -0.39 is 5.97 Å². The number of aromatic amines is 1. The second-order valence-electron chi connectivity index (χ2n) is 5.26. The number of aromatic nitrogens is 1. The molecule has 0 saturated heterocycles. The van der Waals surface area contributed by atoms with E-state index in [1.54, 1.807) is 13.1 Å². The van der Waals surface area contributed by atoms with Crippen molar-refractivity contribution in [1.29, 1.82) is 0 Å². The number of rotatable bonds is 3. The highest BCUT2D eigenvalue weighted by Crippen LogP contribution is 2.41. The van der Waals surface area contributed by atoms with Gasteiger partial charge >= 0.3 is 5.97 Å². The lowest BCUT2D eigenvalue weighted by Crippen LogP contribution is -2.23. The number of ether oxygens (including phenoxy) is 1. The molecule has 0 amide bonds. The van der Waals surface area contributed by atoms with E-state index in [4.69, 9.17) is 4.74 Å². The summed E-state index contributed by atoms with van der Waals surface area (Å²) in [7, 11) is 0. The van der Waals surface area contributed by atoms with Crippen LogP contribution >= 0.6 is 15.9 Å². The molecule has 1 aromatic carbocycles. The fourth-order valence-electron chi connectivity index (χ4n) is 3.13. The summed E-state index contributed by atoms with van der Waals surface area (Å²) in [5, 5.41) is 0. The maximum atomic E-state index is 12.2. The van der Waals surface area contributed by atoms with Gasteiger partial charge in [0.05, 0.1) is 6.61 Å². The van der Waals surface area contributed by atoms with Crippen LogP contribution < -0.4 is 5.56 Å². The van der Waals surface area contributed by atoms with E-state index in [1.807, 2.05) is 18.2 Å². The number of hydrogen-bond donors (Lipinski definition) is 1. The van der Waals surface area contributed by atoms with E-state index in [2.05, 4.69) is 27.0 Å². The largest absolute Gasteiger partial charge is 0.462 e. The van der Waals surface area contributed by atoms with Crippen molar-refractivity contribution in [3.63, 3.8) is 0 Å². The van der Waals surface area contributed by atoms with Gasteiger partial charge in [-0.2, -0.15) is 0 Å². The fraction of sp³-hybridized carbons (Fsp3) is 0.294. The molecule has 0 saturated carbocycles. The molecule has 1 aromatic heterocycles. The molecule has 1 atom stereocenters. The molecular weight excluding hydrogens is 346 g/mol. The Morgan fingerprint density at radius 1 is 1.36 bits per heavy atom. The number of hydrogen-bond acceptors (Lipinski definition) is 3. The van der Waals surface area contributed by atoms with Crippen molar-refractivity contribution < 1.29 is 9.53 Å². The number of benzene rings is 1. The summed E-state index contributed by atoms with van der Waals surface area (Å²) >= 11 is 3.57. The summed E-state index contributed by atoms with van der Waals surface area (Å²) in [6.07, 6.45) is 3.40. The Bertz CT molecular complexity index is 782. The Balaban J connectivity index is 2.12. The van der Waals surface area contributed by atoms with Crippen LogP contribution in [0.25, 0.3) is 0 Å². The average Bonchev–Trinajstić information content (AvgIpc) is 2.92. The number of carbonyl (C=O) groups excluding carboxylic acids is 1. The number of pyridine rings is 1. The van der Waals surface area contributed by atoms with Gasteiger partial charge in [-0.3, -0.25) is 4.79 Å². The van der Waals surface area contributed by atoms with Gasteiger partial charge in [0.1, 0.15) is 5.56 Å². The maximum Gasteiger partial charge on any atom is 0.344 e. The molecule has 114 valence electrons. The van der Waals surface area contributed by atoms with E-state index in [9.17, 15) is 9.59 Å². The Morgan fingerprint density at radius 3 is 2.95 bits per heavy atom. The molecule has 1 unspecified atom stereocenters. The van der Waals surface area contributed by atoms with Crippen LogP contribution in [0.1, 0.15) is 46.3 Å². The van der Waals surface area contributed by atoms with Crippen molar-refractivity contribution in [2.75, 3.05) is 6.61 Å². The van der Waals surface area contributed by atoms with Gasteiger partial charge in [0.15, 0.2) is 0 Å². The SMILES string of the molecule is CCOC(=O)c1c(C2CCc3c(Br)cccc32)cc[nH]c1=O. The van der Waals surface area contributed by atoms with Gasteiger partial charge in [-0.05, 0) is 48.6 Å². The first-order valence-electron chi connectivity index (χ1n) is 7.29. The number of halogens is 1. The van der Waals surface area contributed by atoms with E-state index in [1.165, 1.54) is 11.1 Å². The summed E-state index contributed by atoms with van der Waals surface area (Å²) in [6, 6.07) is 7.88. The summed E-state index contributed by atoms with van der Waals surface area (Å²) in [5.41, 5.74) is 2.91. The van der Waals surface area contributed by atoms with Gasteiger partial charge in [-0.1, -0.05) is 28.1 Å². The number of carbonyl (C=O) groups is 1. The molecule has 3 rings (SSSR count). The molecule has 5 heteroatoms. The van der Waals surface area contributed by atoms with Crippen LogP contribution in [-0.4, -0.2) is 17.6 Å². The van der Waals surface area contributed by atoms with E-state index in [-0.39, 0.29) is 23.6 Å². The highest BCUT2D eigenvalue weighted by atomic mass is 79.9. The molecule has 0 radical (unpaired) electrons. The topological polar surface area (TPSA) is 59.2 Å². The van der Waals surface area contributed by atoms with Crippen LogP contribution in [0.3, 0.4) is 0 Å². The highest BCUT2D eigenvalue weighted by molar-refractivity contribution is 9.10. The van der Waals surface area contributed by atoms with Crippen molar-refractivity contribution in [2.45, 2.75) is 25.7 Å². The lowest BCUT2D eigenvalue weighted by molar-refractivity contribution is 0.0522. The minimum absolute atomic E-state index is 0.0502. The summed E-state index contributed by atoms with van der Waals surface area (Å²) in [6.45, 7) is 1.98. The van der Waals surface area contributed by atoms with Gasteiger partial charge in [0.2, 0.25) is 0 Å². The normalized spacial score (nSPS) is 16.4. The third-order valence-electron chi connectivity index (χ3n) is 4.06. The molecule has 1 aliphatic carbocycles. The maximum absolute atomic E-state index is 12.2. The van der Waals surface area contributed by atoms with Gasteiger partial charge in [-0.25, -0.2) is 4.79 Å². The van der Waals surface area contributed by atoms with Crippen LogP contribution in [0.5, 0.6) is 0 Å². The molecule has 0 fully saturated rings. The number of nitrogens with one attached hydrogen (secondary N) is 1. The molecule has 1 heterocycles. The third kappa shape index (κ3) is 2.50. The third-order valence-corrected chi connectivity index (χ3v) is 4.80. The first-order valence-corrected chi connectivity index (χ1v) is 8.08. The predicted octanol–water partition coefficient (Wildman–Crippen LogP) is 3.39. The Hall–Kier alpha value is -1.88. The minimum atomic E-state index is -0.553. The molecule has 0 spiro atoms. The van der Waals surface area contributed by atoms with Crippen LogP contribution in [0.4, 0.5) is 0 Å². The van der Waals surface area contributed by atoms with Crippen LogP contribution in [-0.2, 0) is 11.2 Å². The molecule has 4 nitrogen and oxygen atoms in total. The number of esters is 1. The smallest absolute Gasteiger partial charge is 0.344 e. The second kappa shape index (κ2) is 6.08. The van der Waals surface area contributed by atoms with E-state index >= 15 is 0 Å². The van der Waals surface area contributed by atoms with Gasteiger partial charge in [-0.15, -0.1) is 0 Å². The van der Waals surface area contributed by atoms with Gasteiger partial charge in [0.25, 0.3) is 5.56 Å². The minimum Gasteiger partial charge on any atom is -0.462 e. The van der Waals surface area contributed by atoms with Crippen molar-refractivity contribution >= 4 is 21.9 Å². The Labute approximate surface area is 136 Å². The van der Waals surface area contributed by atoms with E-state index in [0.29, 0.717) is 0 Å². The molecule has 0 aliphatic heterocycles.